The Morgan fingerprint density at radius 3 is 2.46 bits per heavy atom. The summed E-state index contributed by atoms with van der Waals surface area (Å²) in [5, 5.41) is 7.24. The van der Waals surface area contributed by atoms with Crippen molar-refractivity contribution >= 4 is 33.4 Å². The van der Waals surface area contributed by atoms with Crippen molar-refractivity contribution < 1.29 is 13.2 Å². The van der Waals surface area contributed by atoms with Crippen LogP contribution in [0.4, 0.5) is 5.69 Å². The van der Waals surface area contributed by atoms with Gasteiger partial charge in [-0.15, -0.1) is 4.41 Å². The van der Waals surface area contributed by atoms with Crippen LogP contribution >= 0.6 is 11.6 Å². The first-order valence-corrected chi connectivity index (χ1v) is 9.17. The van der Waals surface area contributed by atoms with Gasteiger partial charge in [0.05, 0.1) is 11.7 Å². The fourth-order valence-corrected chi connectivity index (χ4v) is 3.82. The third kappa shape index (κ3) is 2.98. The summed E-state index contributed by atoms with van der Waals surface area (Å²) in [5.74, 6) is -0.724. The highest BCUT2D eigenvalue weighted by Gasteiger charge is 2.39. The lowest BCUT2D eigenvalue weighted by atomic mass is 10.1. The minimum absolute atomic E-state index is 0.185. The molecule has 2 aromatic rings. The van der Waals surface area contributed by atoms with Gasteiger partial charge in [0, 0.05) is 10.6 Å². The monoisotopic (exact) mass is 365 g/mol. The standard InChI is InChI=1S/C16H16ClN3O3S/c1-11-10-13-4-2-3-5-15(13)19(11)20(24(18,22)23)16(21)12-6-8-14(17)9-7-12/h2-9,11H,10H2,1H3,(H2,18,22,23). The molecule has 24 heavy (non-hydrogen) atoms. The van der Waals surface area contributed by atoms with E-state index in [9.17, 15) is 13.2 Å². The predicted molar refractivity (Wildman–Crippen MR) is 92.8 cm³/mol. The summed E-state index contributed by atoms with van der Waals surface area (Å²) < 4.78 is 25.0. The Kier molecular flexibility index (Phi) is 4.25. The quantitative estimate of drug-likeness (QED) is 0.904. The van der Waals surface area contributed by atoms with Gasteiger partial charge in [-0.25, -0.2) is 5.14 Å². The van der Waals surface area contributed by atoms with Gasteiger partial charge in [-0.05, 0) is 49.2 Å². The first kappa shape index (κ1) is 16.8. The first-order valence-electron chi connectivity index (χ1n) is 7.29. The second kappa shape index (κ2) is 6.08. The molecule has 8 heteroatoms. The lowest BCUT2D eigenvalue weighted by molar-refractivity contribution is 0.0844. The number of hydrazine groups is 1. The highest BCUT2D eigenvalue weighted by atomic mass is 35.5. The Morgan fingerprint density at radius 2 is 1.83 bits per heavy atom. The van der Waals surface area contributed by atoms with Crippen LogP contribution in [0.5, 0.6) is 0 Å². The Bertz CT molecular complexity index is 884. The van der Waals surface area contributed by atoms with Gasteiger partial charge in [0.25, 0.3) is 5.91 Å². The van der Waals surface area contributed by atoms with E-state index in [0.29, 0.717) is 21.5 Å². The van der Waals surface area contributed by atoms with E-state index in [2.05, 4.69) is 0 Å². The number of benzene rings is 2. The summed E-state index contributed by atoms with van der Waals surface area (Å²) in [4.78, 5) is 12.8. The van der Waals surface area contributed by atoms with Gasteiger partial charge in [0.2, 0.25) is 0 Å². The van der Waals surface area contributed by atoms with Gasteiger partial charge in [-0.1, -0.05) is 29.8 Å². The summed E-state index contributed by atoms with van der Waals surface area (Å²) in [6, 6.07) is 13.1. The van der Waals surface area contributed by atoms with E-state index in [1.807, 2.05) is 19.1 Å². The summed E-state index contributed by atoms with van der Waals surface area (Å²) >= 11 is 5.82. The lowest BCUT2D eigenvalue weighted by Gasteiger charge is -2.34. The maximum atomic E-state index is 12.8. The molecule has 1 atom stereocenters. The molecule has 0 aliphatic carbocycles. The largest absolute Gasteiger partial charge is 0.319 e. The van der Waals surface area contributed by atoms with Gasteiger partial charge in [0.15, 0.2) is 0 Å². The van der Waals surface area contributed by atoms with E-state index >= 15 is 0 Å². The van der Waals surface area contributed by atoms with Gasteiger partial charge in [-0.3, -0.25) is 9.80 Å². The molecular weight excluding hydrogens is 350 g/mol. The van der Waals surface area contributed by atoms with E-state index in [1.165, 1.54) is 29.3 Å². The average Bonchev–Trinajstić information content (AvgIpc) is 2.83. The maximum Gasteiger partial charge on any atom is 0.319 e. The molecule has 0 saturated carbocycles. The van der Waals surface area contributed by atoms with E-state index < -0.39 is 16.1 Å². The van der Waals surface area contributed by atoms with Crippen molar-refractivity contribution in [3.05, 3.63) is 64.7 Å². The highest BCUT2D eigenvalue weighted by molar-refractivity contribution is 7.87. The second-order valence-electron chi connectivity index (χ2n) is 5.63. The second-order valence-corrected chi connectivity index (χ2v) is 7.44. The van der Waals surface area contributed by atoms with Crippen molar-refractivity contribution in [3.8, 4) is 0 Å². The molecule has 1 heterocycles. The van der Waals surface area contributed by atoms with E-state index in [-0.39, 0.29) is 11.6 Å². The number of halogens is 1. The number of nitrogens with zero attached hydrogens (tertiary/aromatic N) is 2. The van der Waals surface area contributed by atoms with Crippen LogP contribution in [0.15, 0.2) is 48.5 Å². The summed E-state index contributed by atoms with van der Waals surface area (Å²) in [5.41, 5.74) is 1.80. The smallest absolute Gasteiger partial charge is 0.266 e. The van der Waals surface area contributed by atoms with Crippen LogP contribution in [0, 0.1) is 0 Å². The van der Waals surface area contributed by atoms with Crippen LogP contribution in [-0.4, -0.2) is 24.8 Å². The molecule has 1 amide bonds. The number of anilines is 1. The predicted octanol–water partition coefficient (Wildman–Crippen LogP) is 2.35. The molecule has 6 nitrogen and oxygen atoms in total. The van der Waals surface area contributed by atoms with Crippen molar-refractivity contribution in [1.29, 1.82) is 0 Å². The zero-order chi connectivity index (χ0) is 17.5. The number of carbonyl (C=O) groups excluding carboxylic acids is 1. The number of nitrogens with two attached hydrogens (primary N) is 1. The summed E-state index contributed by atoms with van der Waals surface area (Å²) in [7, 11) is -4.30. The van der Waals surface area contributed by atoms with E-state index in [4.69, 9.17) is 16.7 Å². The topological polar surface area (TPSA) is 83.7 Å². The molecule has 2 N–H and O–H groups in total. The van der Waals surface area contributed by atoms with Gasteiger partial charge in [0.1, 0.15) is 0 Å². The van der Waals surface area contributed by atoms with Crippen LogP contribution in [-0.2, 0) is 16.6 Å². The van der Waals surface area contributed by atoms with Crippen LogP contribution in [0.3, 0.4) is 0 Å². The molecular formula is C16H16ClN3O3S. The molecule has 3 rings (SSSR count). The normalized spacial score (nSPS) is 16.8. The molecule has 0 spiro atoms. The highest BCUT2D eigenvalue weighted by Crippen LogP contribution is 2.34. The molecule has 0 radical (unpaired) electrons. The van der Waals surface area contributed by atoms with E-state index in [0.717, 1.165) is 5.56 Å². The third-order valence-corrected chi connectivity index (χ3v) is 4.95. The van der Waals surface area contributed by atoms with Gasteiger partial charge >= 0.3 is 10.2 Å². The molecule has 1 unspecified atom stereocenters. The van der Waals surface area contributed by atoms with Crippen molar-refractivity contribution in [2.24, 2.45) is 5.14 Å². The Labute approximate surface area is 145 Å². The lowest BCUT2D eigenvalue weighted by Crippen LogP contribution is -2.55. The zero-order valence-corrected chi connectivity index (χ0v) is 14.5. The minimum Gasteiger partial charge on any atom is -0.266 e. The SMILES string of the molecule is CC1Cc2ccccc2N1N(C(=O)c1ccc(Cl)cc1)S(N)(=O)=O. The minimum atomic E-state index is -4.30. The molecule has 0 aromatic heterocycles. The number of hydrogen-bond acceptors (Lipinski definition) is 4. The third-order valence-electron chi connectivity index (χ3n) is 3.87. The van der Waals surface area contributed by atoms with Crippen LogP contribution in [0.25, 0.3) is 0 Å². The Morgan fingerprint density at radius 1 is 1.21 bits per heavy atom. The van der Waals surface area contributed by atoms with Crippen molar-refractivity contribution in [2.75, 3.05) is 5.01 Å². The van der Waals surface area contributed by atoms with Gasteiger partial charge in [-0.2, -0.15) is 8.42 Å². The molecule has 0 bridgehead atoms. The molecule has 0 saturated heterocycles. The van der Waals surface area contributed by atoms with Crippen LogP contribution in [0.2, 0.25) is 5.02 Å². The molecule has 1 aliphatic heterocycles. The Hall–Kier alpha value is -2.09. The van der Waals surface area contributed by atoms with Crippen molar-refractivity contribution in [3.63, 3.8) is 0 Å². The first-order chi connectivity index (χ1) is 11.3. The zero-order valence-electron chi connectivity index (χ0n) is 12.9. The van der Waals surface area contributed by atoms with Crippen molar-refractivity contribution in [1.82, 2.24) is 4.41 Å². The van der Waals surface area contributed by atoms with Crippen molar-refractivity contribution in [2.45, 2.75) is 19.4 Å². The number of fused-ring (bicyclic) bond motifs is 1. The number of rotatable bonds is 3. The molecule has 1 aliphatic rings. The molecule has 0 fully saturated rings. The summed E-state index contributed by atoms with van der Waals surface area (Å²) in [6.07, 6.45) is 0.621. The van der Waals surface area contributed by atoms with Gasteiger partial charge < -0.3 is 0 Å². The van der Waals surface area contributed by atoms with Crippen LogP contribution < -0.4 is 10.1 Å². The fraction of sp³-hybridized carbons (Fsp3) is 0.188. The molecule has 2 aromatic carbocycles. The average molecular weight is 366 g/mol. The van der Waals surface area contributed by atoms with Crippen LogP contribution in [0.1, 0.15) is 22.8 Å². The number of para-hydroxylation sites is 1. The van der Waals surface area contributed by atoms with E-state index in [1.54, 1.807) is 12.1 Å². The maximum absolute atomic E-state index is 12.8. The Balaban J connectivity index is 2.08. The summed E-state index contributed by atoms with van der Waals surface area (Å²) in [6.45, 7) is 1.84. The fourth-order valence-electron chi connectivity index (χ4n) is 2.86. The number of hydrogen-bond donors (Lipinski definition) is 1. The number of amides is 1. The molecule has 126 valence electrons. The number of carbonyl (C=O) groups is 1.